The highest BCUT2D eigenvalue weighted by Gasteiger charge is 2.30. The molecule has 3 rings (SSSR count). The summed E-state index contributed by atoms with van der Waals surface area (Å²) in [5, 5.41) is 7.37. The summed E-state index contributed by atoms with van der Waals surface area (Å²) in [6.45, 7) is 3.42. The van der Waals surface area contributed by atoms with Crippen molar-refractivity contribution in [2.75, 3.05) is 6.54 Å². The van der Waals surface area contributed by atoms with E-state index in [0.29, 0.717) is 0 Å². The van der Waals surface area contributed by atoms with Crippen molar-refractivity contribution in [3.8, 4) is 0 Å². The maximum Gasteiger partial charge on any atom is 0.0374 e. The van der Waals surface area contributed by atoms with Gasteiger partial charge >= 0.3 is 0 Å². The van der Waals surface area contributed by atoms with Gasteiger partial charge in [-0.3, -0.25) is 0 Å². The van der Waals surface area contributed by atoms with Gasteiger partial charge in [-0.15, -0.1) is 11.3 Å². The number of thiophene rings is 1. The zero-order valence-corrected chi connectivity index (χ0v) is 12.5. The lowest BCUT2D eigenvalue weighted by Gasteiger charge is -2.18. The second kappa shape index (κ2) is 6.06. The summed E-state index contributed by atoms with van der Waals surface area (Å²) in [7, 11) is 0. The number of rotatable bonds is 7. The molecule has 19 heavy (non-hydrogen) atoms. The molecular formula is C17H23NS. The molecular weight excluding hydrogens is 250 g/mol. The van der Waals surface area contributed by atoms with E-state index in [1.54, 1.807) is 0 Å². The average molecular weight is 273 g/mol. The second-order valence-corrected chi connectivity index (χ2v) is 6.61. The SMILES string of the molecule is CCCNC(CCc1cccc2ccsc12)C1CC1. The van der Waals surface area contributed by atoms with E-state index in [0.717, 1.165) is 12.0 Å². The minimum atomic E-state index is 0.746. The molecule has 1 fully saturated rings. The van der Waals surface area contributed by atoms with Crippen molar-refractivity contribution in [2.45, 2.75) is 45.1 Å². The van der Waals surface area contributed by atoms with E-state index < -0.39 is 0 Å². The highest BCUT2D eigenvalue weighted by atomic mass is 32.1. The Bertz CT molecular complexity index is 527. The lowest BCUT2D eigenvalue weighted by molar-refractivity contribution is 0.436. The summed E-state index contributed by atoms with van der Waals surface area (Å²) in [5.41, 5.74) is 1.54. The van der Waals surface area contributed by atoms with Crippen LogP contribution in [-0.4, -0.2) is 12.6 Å². The summed E-state index contributed by atoms with van der Waals surface area (Å²) in [4.78, 5) is 0. The quantitative estimate of drug-likeness (QED) is 0.776. The minimum absolute atomic E-state index is 0.746. The van der Waals surface area contributed by atoms with E-state index >= 15 is 0 Å². The molecule has 0 radical (unpaired) electrons. The topological polar surface area (TPSA) is 12.0 Å². The zero-order chi connectivity index (χ0) is 13.1. The molecule has 2 heteroatoms. The summed E-state index contributed by atoms with van der Waals surface area (Å²) >= 11 is 1.89. The highest BCUT2D eigenvalue weighted by molar-refractivity contribution is 7.17. The largest absolute Gasteiger partial charge is 0.314 e. The molecule has 1 unspecified atom stereocenters. The standard InChI is InChI=1S/C17H23NS/c1-2-11-18-16(13-6-7-13)9-8-14-4-3-5-15-10-12-19-17(14)15/h3-5,10,12-13,16,18H,2,6-9,11H2,1H3. The molecule has 102 valence electrons. The van der Waals surface area contributed by atoms with Crippen LogP contribution in [-0.2, 0) is 6.42 Å². The van der Waals surface area contributed by atoms with Gasteiger partial charge < -0.3 is 5.32 Å². The van der Waals surface area contributed by atoms with E-state index in [-0.39, 0.29) is 0 Å². The van der Waals surface area contributed by atoms with Crippen LogP contribution in [0.2, 0.25) is 0 Å². The van der Waals surface area contributed by atoms with Crippen LogP contribution in [0, 0.1) is 5.92 Å². The normalized spacial score (nSPS) is 16.9. The molecule has 0 spiro atoms. The maximum absolute atomic E-state index is 3.75. The van der Waals surface area contributed by atoms with Crippen molar-refractivity contribution < 1.29 is 0 Å². The summed E-state index contributed by atoms with van der Waals surface area (Å²) in [6.07, 6.45) is 6.62. The molecule has 0 aliphatic heterocycles. The van der Waals surface area contributed by atoms with E-state index in [4.69, 9.17) is 0 Å². The lowest BCUT2D eigenvalue weighted by atomic mass is 10.0. The van der Waals surface area contributed by atoms with Crippen LogP contribution in [0.3, 0.4) is 0 Å². The van der Waals surface area contributed by atoms with Gasteiger partial charge in [-0.05, 0) is 67.0 Å². The molecule has 0 bridgehead atoms. The first-order chi connectivity index (χ1) is 9.38. The van der Waals surface area contributed by atoms with Crippen molar-refractivity contribution >= 4 is 21.4 Å². The third kappa shape index (κ3) is 3.18. The Hall–Kier alpha value is -0.860. The van der Waals surface area contributed by atoms with Gasteiger partial charge in [0.2, 0.25) is 0 Å². The number of fused-ring (bicyclic) bond motifs is 1. The fraction of sp³-hybridized carbons (Fsp3) is 0.529. The Morgan fingerprint density at radius 3 is 3.00 bits per heavy atom. The average Bonchev–Trinajstić information content (AvgIpc) is 3.16. The molecule has 1 heterocycles. The molecule has 1 aromatic carbocycles. The van der Waals surface area contributed by atoms with Gasteiger partial charge in [0.05, 0.1) is 0 Å². The first-order valence-electron chi connectivity index (χ1n) is 7.57. The van der Waals surface area contributed by atoms with Gasteiger partial charge in [-0.25, -0.2) is 0 Å². The van der Waals surface area contributed by atoms with Crippen LogP contribution in [0.5, 0.6) is 0 Å². The predicted molar refractivity (Wildman–Crippen MR) is 85.0 cm³/mol. The van der Waals surface area contributed by atoms with Gasteiger partial charge in [-0.1, -0.05) is 25.1 Å². The highest BCUT2D eigenvalue weighted by Crippen LogP contribution is 2.35. The molecule has 0 saturated heterocycles. The van der Waals surface area contributed by atoms with Crippen molar-refractivity contribution in [2.24, 2.45) is 5.92 Å². The van der Waals surface area contributed by atoms with Crippen molar-refractivity contribution in [3.05, 3.63) is 35.2 Å². The molecule has 1 nitrogen and oxygen atoms in total. The molecule has 1 aliphatic carbocycles. The van der Waals surface area contributed by atoms with Gasteiger partial charge in [0.25, 0.3) is 0 Å². The zero-order valence-electron chi connectivity index (χ0n) is 11.7. The van der Waals surface area contributed by atoms with Crippen molar-refractivity contribution in [1.82, 2.24) is 5.32 Å². The molecule has 1 aromatic heterocycles. The Morgan fingerprint density at radius 2 is 2.21 bits per heavy atom. The van der Waals surface area contributed by atoms with Gasteiger partial charge in [0, 0.05) is 10.7 Å². The van der Waals surface area contributed by atoms with Crippen molar-refractivity contribution in [1.29, 1.82) is 0 Å². The van der Waals surface area contributed by atoms with E-state index in [1.807, 2.05) is 11.3 Å². The summed E-state index contributed by atoms with van der Waals surface area (Å²) < 4.78 is 1.49. The smallest absolute Gasteiger partial charge is 0.0374 e. The molecule has 1 aliphatic rings. The molecule has 1 N–H and O–H groups in total. The first kappa shape index (κ1) is 13.1. The van der Waals surface area contributed by atoms with Crippen LogP contribution >= 0.6 is 11.3 Å². The molecule has 1 atom stereocenters. The third-order valence-corrected chi connectivity index (χ3v) is 5.14. The Morgan fingerprint density at radius 1 is 1.32 bits per heavy atom. The minimum Gasteiger partial charge on any atom is -0.314 e. The van der Waals surface area contributed by atoms with E-state index in [9.17, 15) is 0 Å². The van der Waals surface area contributed by atoms with Gasteiger partial charge in [-0.2, -0.15) is 0 Å². The Balaban J connectivity index is 1.65. The van der Waals surface area contributed by atoms with Gasteiger partial charge in [0.15, 0.2) is 0 Å². The fourth-order valence-electron chi connectivity index (χ4n) is 2.90. The van der Waals surface area contributed by atoms with Crippen molar-refractivity contribution in [3.63, 3.8) is 0 Å². The van der Waals surface area contributed by atoms with Crippen LogP contribution in [0.1, 0.15) is 38.2 Å². The number of benzene rings is 1. The molecule has 0 amide bonds. The van der Waals surface area contributed by atoms with E-state index in [1.165, 1.54) is 54.3 Å². The van der Waals surface area contributed by atoms with Gasteiger partial charge in [0.1, 0.15) is 0 Å². The predicted octanol–water partition coefficient (Wildman–Crippen LogP) is 4.61. The molecule has 1 saturated carbocycles. The lowest BCUT2D eigenvalue weighted by Crippen LogP contribution is -2.32. The van der Waals surface area contributed by atoms with Crippen LogP contribution < -0.4 is 5.32 Å². The molecule has 2 aromatic rings. The van der Waals surface area contributed by atoms with E-state index in [2.05, 4.69) is 41.9 Å². The monoisotopic (exact) mass is 273 g/mol. The van der Waals surface area contributed by atoms with Crippen LogP contribution in [0.25, 0.3) is 10.1 Å². The fourth-order valence-corrected chi connectivity index (χ4v) is 3.84. The summed E-state index contributed by atoms with van der Waals surface area (Å²) in [5.74, 6) is 0.953. The van der Waals surface area contributed by atoms with Crippen LogP contribution in [0.15, 0.2) is 29.6 Å². The number of hydrogen-bond acceptors (Lipinski definition) is 2. The van der Waals surface area contributed by atoms with Crippen LogP contribution in [0.4, 0.5) is 0 Å². The maximum atomic E-state index is 3.75. The first-order valence-corrected chi connectivity index (χ1v) is 8.45. The Kier molecular flexibility index (Phi) is 4.19. The number of hydrogen-bond donors (Lipinski definition) is 1. The number of aryl methyl sites for hydroxylation is 1. The number of nitrogens with one attached hydrogen (secondary N) is 1. The summed E-state index contributed by atoms with van der Waals surface area (Å²) in [6, 6.07) is 9.72. The Labute approximate surface area is 120 Å². The third-order valence-electron chi connectivity index (χ3n) is 4.13. The second-order valence-electron chi connectivity index (χ2n) is 5.69.